The second kappa shape index (κ2) is 5.89. The maximum atomic E-state index is 13.8. The Hall–Kier alpha value is -2.43. The summed E-state index contributed by atoms with van der Waals surface area (Å²) < 4.78 is 33.2. The summed E-state index contributed by atoms with van der Waals surface area (Å²) in [5.41, 5.74) is 1.89. The number of rotatable bonds is 2. The minimum atomic E-state index is -0.807. The number of hydrogen-bond donors (Lipinski definition) is 0. The van der Waals surface area contributed by atoms with Gasteiger partial charge in [-0.2, -0.15) is 0 Å². The van der Waals surface area contributed by atoms with Gasteiger partial charge in [0.15, 0.2) is 0 Å². The number of nitrogens with zero attached hydrogens (tertiary/aromatic N) is 1. The van der Waals surface area contributed by atoms with E-state index >= 15 is 0 Å². The van der Waals surface area contributed by atoms with Crippen LogP contribution >= 0.6 is 0 Å². The van der Waals surface area contributed by atoms with Crippen LogP contribution in [0.3, 0.4) is 0 Å². The van der Waals surface area contributed by atoms with Crippen LogP contribution in [0.25, 0.3) is 0 Å². The van der Waals surface area contributed by atoms with E-state index in [-0.39, 0.29) is 5.92 Å². The van der Waals surface area contributed by atoms with Crippen LogP contribution < -0.4 is 4.74 Å². The van der Waals surface area contributed by atoms with Crippen LogP contribution in [0.4, 0.5) is 8.78 Å². The number of carbonyl (C=O) groups excluding carboxylic acids is 1. The van der Waals surface area contributed by atoms with E-state index < -0.39 is 23.1 Å². The van der Waals surface area contributed by atoms with Crippen LogP contribution in [0, 0.1) is 11.6 Å². The minimum Gasteiger partial charge on any atom is -0.493 e. The Kier molecular flexibility index (Phi) is 3.71. The Labute approximate surface area is 138 Å². The van der Waals surface area contributed by atoms with Crippen molar-refractivity contribution in [2.45, 2.75) is 18.8 Å². The van der Waals surface area contributed by atoms with Gasteiger partial charge in [-0.05, 0) is 35.7 Å². The zero-order chi connectivity index (χ0) is 16.7. The van der Waals surface area contributed by atoms with Crippen LogP contribution in [0.5, 0.6) is 5.75 Å². The normalized spacial score (nSPS) is 19.2. The summed E-state index contributed by atoms with van der Waals surface area (Å²) in [6, 6.07) is 9.62. The first-order valence-corrected chi connectivity index (χ1v) is 8.12. The van der Waals surface area contributed by atoms with Gasteiger partial charge in [0.2, 0.25) is 0 Å². The van der Waals surface area contributed by atoms with Gasteiger partial charge in [0.05, 0.1) is 6.61 Å². The Bertz CT molecular complexity index is 786. The molecule has 124 valence electrons. The van der Waals surface area contributed by atoms with Crippen molar-refractivity contribution in [3.63, 3.8) is 0 Å². The molecule has 0 aromatic heterocycles. The lowest BCUT2D eigenvalue weighted by Crippen LogP contribution is -2.30. The number of carbonyl (C=O) groups is 1. The number of amides is 1. The van der Waals surface area contributed by atoms with E-state index in [1.165, 1.54) is 16.5 Å². The van der Waals surface area contributed by atoms with Crippen molar-refractivity contribution in [1.82, 2.24) is 4.90 Å². The van der Waals surface area contributed by atoms with Crippen LogP contribution in [0.1, 0.15) is 33.8 Å². The first-order chi connectivity index (χ1) is 11.6. The molecule has 2 aromatic rings. The topological polar surface area (TPSA) is 29.5 Å². The molecule has 24 heavy (non-hydrogen) atoms. The van der Waals surface area contributed by atoms with E-state index in [0.717, 1.165) is 36.3 Å². The molecule has 2 aliphatic rings. The van der Waals surface area contributed by atoms with Gasteiger partial charge >= 0.3 is 0 Å². The Morgan fingerprint density at radius 3 is 2.75 bits per heavy atom. The molecular formula is C19H17F2NO2. The monoisotopic (exact) mass is 329 g/mol. The highest BCUT2D eigenvalue weighted by Gasteiger charge is 2.31. The quantitative estimate of drug-likeness (QED) is 0.843. The zero-order valence-electron chi connectivity index (χ0n) is 13.1. The van der Waals surface area contributed by atoms with Crippen molar-refractivity contribution in [2.24, 2.45) is 0 Å². The summed E-state index contributed by atoms with van der Waals surface area (Å²) in [4.78, 5) is 14.0. The summed E-state index contributed by atoms with van der Waals surface area (Å²) in [6.07, 6.45) is 1.69. The van der Waals surface area contributed by atoms with Gasteiger partial charge in [0.25, 0.3) is 5.91 Å². The van der Waals surface area contributed by atoms with E-state index in [2.05, 4.69) is 6.07 Å². The van der Waals surface area contributed by atoms with Crippen molar-refractivity contribution in [3.8, 4) is 5.75 Å². The SMILES string of the molecule is O=C(c1c(F)cccc1F)N1CC[C@H](c2ccc3c(c2)CCO3)C1. The standard InChI is InChI=1S/C19H17F2NO2/c20-15-2-1-3-16(21)18(15)19(23)22-8-6-14(11-22)12-4-5-17-13(10-12)7-9-24-17/h1-5,10,14H,6-9,11H2/t14-/m0/s1. The highest BCUT2D eigenvalue weighted by atomic mass is 19.1. The van der Waals surface area contributed by atoms with E-state index in [4.69, 9.17) is 4.74 Å². The van der Waals surface area contributed by atoms with Crippen molar-refractivity contribution >= 4 is 5.91 Å². The van der Waals surface area contributed by atoms with E-state index in [1.807, 2.05) is 12.1 Å². The first-order valence-electron chi connectivity index (χ1n) is 8.12. The fraction of sp³-hybridized carbons (Fsp3) is 0.316. The predicted octanol–water partition coefficient (Wildman–Crippen LogP) is 3.53. The lowest BCUT2D eigenvalue weighted by atomic mass is 9.96. The number of fused-ring (bicyclic) bond motifs is 1. The fourth-order valence-electron chi connectivity index (χ4n) is 3.54. The predicted molar refractivity (Wildman–Crippen MR) is 85.3 cm³/mol. The van der Waals surface area contributed by atoms with Crippen molar-refractivity contribution in [3.05, 3.63) is 64.7 Å². The van der Waals surface area contributed by atoms with Gasteiger partial charge in [-0.3, -0.25) is 4.79 Å². The Morgan fingerprint density at radius 1 is 1.17 bits per heavy atom. The number of benzene rings is 2. The van der Waals surface area contributed by atoms with Gasteiger partial charge in [0, 0.05) is 25.4 Å². The maximum Gasteiger partial charge on any atom is 0.259 e. The summed E-state index contributed by atoms with van der Waals surface area (Å²) in [5.74, 6) is -1.07. The number of halogens is 2. The smallest absolute Gasteiger partial charge is 0.259 e. The second-order valence-corrected chi connectivity index (χ2v) is 6.30. The molecule has 0 saturated carbocycles. The van der Waals surface area contributed by atoms with Gasteiger partial charge in [0.1, 0.15) is 22.9 Å². The Morgan fingerprint density at radius 2 is 1.96 bits per heavy atom. The van der Waals surface area contributed by atoms with Crippen LogP contribution in [-0.2, 0) is 6.42 Å². The van der Waals surface area contributed by atoms with E-state index in [1.54, 1.807) is 0 Å². The molecule has 0 bridgehead atoms. The Balaban J connectivity index is 1.53. The van der Waals surface area contributed by atoms with E-state index in [0.29, 0.717) is 19.7 Å². The molecule has 0 spiro atoms. The third-order valence-electron chi connectivity index (χ3n) is 4.84. The molecule has 0 aliphatic carbocycles. The summed E-state index contributed by atoms with van der Waals surface area (Å²) >= 11 is 0. The highest BCUT2D eigenvalue weighted by Crippen LogP contribution is 2.33. The van der Waals surface area contributed by atoms with Crippen LogP contribution in [-0.4, -0.2) is 30.5 Å². The number of ether oxygens (including phenoxy) is 1. The molecule has 1 fully saturated rings. The maximum absolute atomic E-state index is 13.8. The molecule has 1 saturated heterocycles. The average Bonchev–Trinajstić information content (AvgIpc) is 3.23. The highest BCUT2D eigenvalue weighted by molar-refractivity contribution is 5.95. The summed E-state index contributed by atoms with van der Waals surface area (Å²) in [6.45, 7) is 1.69. The molecule has 0 radical (unpaired) electrons. The zero-order valence-corrected chi connectivity index (χ0v) is 13.1. The van der Waals surface area contributed by atoms with Crippen LogP contribution in [0.15, 0.2) is 36.4 Å². The molecule has 2 aromatic carbocycles. The molecule has 0 N–H and O–H groups in total. The molecule has 2 heterocycles. The lowest BCUT2D eigenvalue weighted by molar-refractivity contribution is 0.0781. The van der Waals surface area contributed by atoms with Crippen molar-refractivity contribution in [2.75, 3.05) is 19.7 Å². The first kappa shape index (κ1) is 15.1. The summed E-state index contributed by atoms with van der Waals surface area (Å²) in [5, 5.41) is 0. The molecular weight excluding hydrogens is 312 g/mol. The largest absolute Gasteiger partial charge is 0.493 e. The van der Waals surface area contributed by atoms with Gasteiger partial charge in [-0.1, -0.05) is 18.2 Å². The molecule has 0 unspecified atom stereocenters. The molecule has 1 atom stereocenters. The molecule has 3 nitrogen and oxygen atoms in total. The van der Waals surface area contributed by atoms with Gasteiger partial charge in [-0.25, -0.2) is 8.78 Å². The number of likely N-dealkylation sites (tertiary alicyclic amines) is 1. The average molecular weight is 329 g/mol. The van der Waals surface area contributed by atoms with Crippen molar-refractivity contribution in [1.29, 1.82) is 0 Å². The van der Waals surface area contributed by atoms with Crippen molar-refractivity contribution < 1.29 is 18.3 Å². The summed E-state index contributed by atoms with van der Waals surface area (Å²) in [7, 11) is 0. The van der Waals surface area contributed by atoms with Crippen LogP contribution in [0.2, 0.25) is 0 Å². The lowest BCUT2D eigenvalue weighted by Gasteiger charge is -2.18. The molecule has 4 rings (SSSR count). The van der Waals surface area contributed by atoms with E-state index in [9.17, 15) is 13.6 Å². The van der Waals surface area contributed by atoms with Gasteiger partial charge < -0.3 is 9.64 Å². The molecule has 5 heteroatoms. The minimum absolute atomic E-state index is 0.190. The second-order valence-electron chi connectivity index (χ2n) is 6.30. The third-order valence-corrected chi connectivity index (χ3v) is 4.84. The molecule has 2 aliphatic heterocycles. The molecule has 1 amide bonds. The third kappa shape index (κ3) is 2.54. The fourth-order valence-corrected chi connectivity index (χ4v) is 3.54. The van der Waals surface area contributed by atoms with Gasteiger partial charge in [-0.15, -0.1) is 0 Å². The number of hydrogen-bond acceptors (Lipinski definition) is 2.